The Hall–Kier alpha value is -2.01. The van der Waals surface area contributed by atoms with Crippen LogP contribution in [0.25, 0.3) is 0 Å². The predicted octanol–water partition coefficient (Wildman–Crippen LogP) is -0.357. The number of thioether (sulfide) groups is 1. The van der Waals surface area contributed by atoms with Crippen molar-refractivity contribution in [3.8, 4) is 6.07 Å². The van der Waals surface area contributed by atoms with Gasteiger partial charge in [-0.25, -0.2) is 4.79 Å². The van der Waals surface area contributed by atoms with Crippen LogP contribution in [0.2, 0.25) is 0 Å². The summed E-state index contributed by atoms with van der Waals surface area (Å²) in [6.45, 7) is -0.333. The Balaban J connectivity index is 3.09. The lowest BCUT2D eigenvalue weighted by atomic mass is 10.3. The number of ether oxygens (including phenoxy) is 2. The maximum Gasteiger partial charge on any atom is 0.351 e. The molecule has 0 aliphatic carbocycles. The second kappa shape index (κ2) is 6.07. The summed E-state index contributed by atoms with van der Waals surface area (Å²) in [5.74, 6) is -1.78. The molecule has 96 valence electrons. The summed E-state index contributed by atoms with van der Waals surface area (Å²) >= 11 is 1.01. The van der Waals surface area contributed by atoms with Crippen LogP contribution in [-0.2, 0) is 23.9 Å². The summed E-state index contributed by atoms with van der Waals surface area (Å²) in [4.78, 5) is 35.1. The van der Waals surface area contributed by atoms with E-state index >= 15 is 0 Å². The number of amides is 1. The molecule has 1 saturated heterocycles. The molecule has 0 atom stereocenters. The molecule has 0 bridgehead atoms. The molecular weight excluding hydrogens is 260 g/mol. The summed E-state index contributed by atoms with van der Waals surface area (Å²) < 4.78 is 8.89. The maximum absolute atomic E-state index is 11.6. The number of methoxy groups -OCH3 is 2. The number of esters is 2. The average molecular weight is 270 g/mol. The standard InChI is InChI=1S/C10H10N2O5S/c1-16-8(14)4-12-7(13)5-18-9(12)6(3-11)10(15)17-2/h4-5H2,1-2H3/b9-6+. The highest BCUT2D eigenvalue weighted by Gasteiger charge is 2.33. The van der Waals surface area contributed by atoms with E-state index in [0.29, 0.717) is 0 Å². The zero-order valence-corrected chi connectivity index (χ0v) is 10.6. The largest absolute Gasteiger partial charge is 0.468 e. The van der Waals surface area contributed by atoms with Crippen molar-refractivity contribution in [1.82, 2.24) is 4.90 Å². The molecular formula is C10H10N2O5S. The van der Waals surface area contributed by atoms with Gasteiger partial charge in [0.05, 0.1) is 20.0 Å². The first-order valence-electron chi connectivity index (χ1n) is 4.77. The van der Waals surface area contributed by atoms with Gasteiger partial charge in [-0.3, -0.25) is 14.5 Å². The van der Waals surface area contributed by atoms with Gasteiger partial charge >= 0.3 is 11.9 Å². The van der Waals surface area contributed by atoms with Crippen molar-refractivity contribution in [3.63, 3.8) is 0 Å². The van der Waals surface area contributed by atoms with Crippen LogP contribution in [0.4, 0.5) is 0 Å². The first-order chi connectivity index (χ1) is 8.54. The zero-order chi connectivity index (χ0) is 13.7. The van der Waals surface area contributed by atoms with Gasteiger partial charge in [0, 0.05) is 0 Å². The fourth-order valence-corrected chi connectivity index (χ4v) is 2.25. The van der Waals surface area contributed by atoms with E-state index in [2.05, 4.69) is 9.47 Å². The van der Waals surface area contributed by atoms with E-state index in [1.54, 1.807) is 6.07 Å². The lowest BCUT2D eigenvalue weighted by Crippen LogP contribution is -2.32. The van der Waals surface area contributed by atoms with Gasteiger partial charge in [-0.15, -0.1) is 0 Å². The van der Waals surface area contributed by atoms with Gasteiger partial charge < -0.3 is 9.47 Å². The molecule has 0 N–H and O–H groups in total. The molecule has 1 aliphatic rings. The Kier molecular flexibility index (Phi) is 4.74. The quantitative estimate of drug-likeness (QED) is 0.392. The third-order valence-electron chi connectivity index (χ3n) is 2.11. The molecule has 1 amide bonds. The molecule has 0 spiro atoms. The summed E-state index contributed by atoms with van der Waals surface area (Å²) in [7, 11) is 2.32. The van der Waals surface area contributed by atoms with E-state index in [-0.39, 0.29) is 28.8 Å². The van der Waals surface area contributed by atoms with Crippen molar-refractivity contribution in [3.05, 3.63) is 10.6 Å². The van der Waals surface area contributed by atoms with Crippen molar-refractivity contribution in [2.45, 2.75) is 0 Å². The SMILES string of the molecule is COC(=O)CN1C(=O)CS/C1=C(\C#N)C(=O)OC. The summed E-state index contributed by atoms with van der Waals surface area (Å²) in [6.07, 6.45) is 0. The molecule has 0 aromatic rings. The highest BCUT2D eigenvalue weighted by Crippen LogP contribution is 2.31. The third kappa shape index (κ3) is 2.81. The minimum Gasteiger partial charge on any atom is -0.468 e. The summed E-state index contributed by atoms with van der Waals surface area (Å²) in [5.41, 5.74) is -0.294. The normalized spacial score (nSPS) is 17.2. The average Bonchev–Trinajstić information content (AvgIpc) is 2.72. The van der Waals surface area contributed by atoms with E-state index in [1.807, 2.05) is 0 Å². The first-order valence-corrected chi connectivity index (χ1v) is 5.76. The van der Waals surface area contributed by atoms with Crippen LogP contribution in [0.5, 0.6) is 0 Å². The smallest absolute Gasteiger partial charge is 0.351 e. The number of rotatable bonds is 3. The Labute approximate surface area is 107 Å². The van der Waals surface area contributed by atoms with Crippen LogP contribution >= 0.6 is 11.8 Å². The van der Waals surface area contributed by atoms with Crippen molar-refractivity contribution in [2.24, 2.45) is 0 Å². The Morgan fingerprint density at radius 2 is 2.11 bits per heavy atom. The van der Waals surface area contributed by atoms with Crippen molar-refractivity contribution >= 4 is 29.6 Å². The van der Waals surface area contributed by atoms with E-state index in [4.69, 9.17) is 5.26 Å². The van der Waals surface area contributed by atoms with Gasteiger partial charge in [0.2, 0.25) is 5.91 Å². The summed E-state index contributed by atoms with van der Waals surface area (Å²) in [6, 6.07) is 1.67. The van der Waals surface area contributed by atoms with Gasteiger partial charge in [-0.05, 0) is 0 Å². The second-order valence-corrected chi connectivity index (χ2v) is 4.09. The molecule has 18 heavy (non-hydrogen) atoms. The van der Waals surface area contributed by atoms with Crippen LogP contribution in [0.3, 0.4) is 0 Å². The van der Waals surface area contributed by atoms with Gasteiger partial charge in [0.1, 0.15) is 17.6 Å². The monoisotopic (exact) mass is 270 g/mol. The Bertz CT molecular complexity index is 465. The van der Waals surface area contributed by atoms with Crippen LogP contribution in [-0.4, -0.2) is 49.3 Å². The molecule has 8 heteroatoms. The molecule has 0 aromatic carbocycles. The van der Waals surface area contributed by atoms with Crippen LogP contribution in [0, 0.1) is 11.3 Å². The second-order valence-electron chi connectivity index (χ2n) is 3.13. The van der Waals surface area contributed by atoms with Crippen LogP contribution in [0.1, 0.15) is 0 Å². The van der Waals surface area contributed by atoms with Crippen molar-refractivity contribution in [2.75, 3.05) is 26.5 Å². The molecule has 0 saturated carbocycles. The number of carbonyl (C=O) groups excluding carboxylic acids is 3. The minimum atomic E-state index is -0.843. The van der Waals surface area contributed by atoms with E-state index in [9.17, 15) is 14.4 Å². The van der Waals surface area contributed by atoms with Crippen molar-refractivity contribution in [1.29, 1.82) is 5.26 Å². The molecule has 1 rings (SSSR count). The Morgan fingerprint density at radius 3 is 2.61 bits per heavy atom. The van der Waals surface area contributed by atoms with Gasteiger partial charge in [-0.2, -0.15) is 5.26 Å². The fraction of sp³-hybridized carbons (Fsp3) is 0.400. The van der Waals surface area contributed by atoms with Crippen LogP contribution in [0.15, 0.2) is 10.6 Å². The predicted molar refractivity (Wildman–Crippen MR) is 60.8 cm³/mol. The maximum atomic E-state index is 11.6. The highest BCUT2D eigenvalue weighted by atomic mass is 32.2. The topological polar surface area (TPSA) is 96.7 Å². The molecule has 0 unspecified atom stereocenters. The molecule has 0 radical (unpaired) electrons. The van der Waals surface area contributed by atoms with Gasteiger partial charge in [-0.1, -0.05) is 11.8 Å². The minimum absolute atomic E-state index is 0.0640. The molecule has 1 aliphatic heterocycles. The number of carbonyl (C=O) groups is 3. The number of hydrogen-bond acceptors (Lipinski definition) is 7. The summed E-state index contributed by atoms with van der Waals surface area (Å²) in [5, 5.41) is 9.03. The Morgan fingerprint density at radius 1 is 1.44 bits per heavy atom. The highest BCUT2D eigenvalue weighted by molar-refractivity contribution is 8.04. The zero-order valence-electron chi connectivity index (χ0n) is 9.76. The van der Waals surface area contributed by atoms with Crippen LogP contribution < -0.4 is 0 Å². The lowest BCUT2D eigenvalue weighted by molar-refractivity contribution is -0.144. The van der Waals surface area contributed by atoms with E-state index in [0.717, 1.165) is 23.8 Å². The molecule has 1 heterocycles. The van der Waals surface area contributed by atoms with E-state index < -0.39 is 11.9 Å². The molecule has 0 aromatic heterocycles. The number of nitriles is 1. The fourth-order valence-electron chi connectivity index (χ4n) is 1.24. The lowest BCUT2D eigenvalue weighted by Gasteiger charge is -2.15. The molecule has 7 nitrogen and oxygen atoms in total. The number of nitrogens with zero attached hydrogens (tertiary/aromatic N) is 2. The third-order valence-corrected chi connectivity index (χ3v) is 3.20. The van der Waals surface area contributed by atoms with Gasteiger partial charge in [0.25, 0.3) is 0 Å². The van der Waals surface area contributed by atoms with E-state index in [1.165, 1.54) is 7.11 Å². The van der Waals surface area contributed by atoms with Crippen molar-refractivity contribution < 1.29 is 23.9 Å². The number of hydrogen-bond donors (Lipinski definition) is 0. The first kappa shape index (κ1) is 14.1. The molecule has 1 fully saturated rings. The van der Waals surface area contributed by atoms with Gasteiger partial charge in [0.15, 0.2) is 5.57 Å².